The summed E-state index contributed by atoms with van der Waals surface area (Å²) in [5.41, 5.74) is 0.590. The molecule has 2 aromatic rings. The van der Waals surface area contributed by atoms with Gasteiger partial charge in [-0.25, -0.2) is 9.37 Å². The highest BCUT2D eigenvalue weighted by atomic mass is 32.1. The number of hydrogen-bond donors (Lipinski definition) is 2. The maximum Gasteiger partial charge on any atom is 0.242 e. The predicted octanol–water partition coefficient (Wildman–Crippen LogP) is 1.78. The molecule has 1 atom stereocenters. The van der Waals surface area contributed by atoms with Gasteiger partial charge in [0.1, 0.15) is 11.9 Å². The summed E-state index contributed by atoms with van der Waals surface area (Å²) in [6.45, 7) is 1.53. The zero-order valence-electron chi connectivity index (χ0n) is 12.9. The zero-order chi connectivity index (χ0) is 16.9. The fourth-order valence-corrected chi connectivity index (χ4v) is 3.25. The molecule has 0 bridgehead atoms. The van der Waals surface area contributed by atoms with Gasteiger partial charge < -0.3 is 10.6 Å². The number of carbonyl (C=O) groups is 2. The van der Waals surface area contributed by atoms with Crippen LogP contribution in [0, 0.1) is 5.82 Å². The van der Waals surface area contributed by atoms with E-state index in [-0.39, 0.29) is 24.1 Å². The standard InChI is InChI=1S/C16H17FN4O2S/c17-12-3-1-2-11(10-12)14-15(23)18-5-8-21(14)7-4-13(22)20-16-19-6-9-24-16/h1-3,6,9-10,14H,4-5,7-8H2,(H,18,23)(H,19,20,22)/t14-/m0/s1. The van der Waals surface area contributed by atoms with Crippen molar-refractivity contribution >= 4 is 28.3 Å². The van der Waals surface area contributed by atoms with Crippen LogP contribution in [0.25, 0.3) is 0 Å². The lowest BCUT2D eigenvalue weighted by Crippen LogP contribution is -2.50. The van der Waals surface area contributed by atoms with E-state index in [2.05, 4.69) is 15.6 Å². The average molecular weight is 348 g/mol. The molecule has 1 aliphatic heterocycles. The van der Waals surface area contributed by atoms with Gasteiger partial charge >= 0.3 is 0 Å². The molecule has 3 rings (SSSR count). The Morgan fingerprint density at radius 3 is 3.12 bits per heavy atom. The van der Waals surface area contributed by atoms with E-state index < -0.39 is 6.04 Å². The van der Waals surface area contributed by atoms with E-state index >= 15 is 0 Å². The first-order valence-electron chi connectivity index (χ1n) is 7.60. The fraction of sp³-hybridized carbons (Fsp3) is 0.312. The Kier molecular flexibility index (Phi) is 5.17. The lowest BCUT2D eigenvalue weighted by Gasteiger charge is -2.35. The summed E-state index contributed by atoms with van der Waals surface area (Å²) in [5.74, 6) is -0.714. The number of piperazine rings is 1. The highest BCUT2D eigenvalue weighted by molar-refractivity contribution is 7.13. The molecule has 2 heterocycles. The lowest BCUT2D eigenvalue weighted by molar-refractivity contribution is -0.130. The first kappa shape index (κ1) is 16.5. The number of nitrogens with one attached hydrogen (secondary N) is 2. The van der Waals surface area contributed by atoms with E-state index in [1.165, 1.54) is 23.5 Å². The number of carbonyl (C=O) groups excluding carboxylic acids is 2. The minimum absolute atomic E-state index is 0.158. The highest BCUT2D eigenvalue weighted by Crippen LogP contribution is 2.24. The Morgan fingerprint density at radius 1 is 1.50 bits per heavy atom. The third kappa shape index (κ3) is 3.95. The van der Waals surface area contributed by atoms with Gasteiger partial charge in [0, 0.05) is 37.6 Å². The van der Waals surface area contributed by atoms with Gasteiger partial charge in [-0.1, -0.05) is 12.1 Å². The van der Waals surface area contributed by atoms with Gasteiger partial charge in [0.25, 0.3) is 0 Å². The highest BCUT2D eigenvalue weighted by Gasteiger charge is 2.31. The largest absolute Gasteiger partial charge is 0.353 e. The second-order valence-electron chi connectivity index (χ2n) is 5.42. The molecule has 0 aliphatic carbocycles. The molecule has 24 heavy (non-hydrogen) atoms. The Labute approximate surface area is 142 Å². The molecular weight excluding hydrogens is 331 g/mol. The second kappa shape index (κ2) is 7.50. The predicted molar refractivity (Wildman–Crippen MR) is 89.1 cm³/mol. The maximum absolute atomic E-state index is 13.5. The summed E-state index contributed by atoms with van der Waals surface area (Å²) in [6.07, 6.45) is 1.86. The topological polar surface area (TPSA) is 74.3 Å². The van der Waals surface area contributed by atoms with Gasteiger partial charge in [-0.05, 0) is 17.7 Å². The zero-order valence-corrected chi connectivity index (χ0v) is 13.7. The van der Waals surface area contributed by atoms with Crippen molar-refractivity contribution in [2.24, 2.45) is 0 Å². The van der Waals surface area contributed by atoms with Crippen LogP contribution in [0.15, 0.2) is 35.8 Å². The van der Waals surface area contributed by atoms with E-state index in [4.69, 9.17) is 0 Å². The molecular formula is C16H17FN4O2S. The van der Waals surface area contributed by atoms with Gasteiger partial charge in [-0.2, -0.15) is 0 Å². The van der Waals surface area contributed by atoms with Crippen LogP contribution in [-0.4, -0.2) is 41.3 Å². The summed E-state index contributed by atoms with van der Waals surface area (Å²) >= 11 is 1.35. The molecule has 1 aromatic heterocycles. The number of rotatable bonds is 5. The van der Waals surface area contributed by atoms with E-state index in [1.807, 2.05) is 4.90 Å². The van der Waals surface area contributed by atoms with Crippen LogP contribution in [0.4, 0.5) is 9.52 Å². The van der Waals surface area contributed by atoms with Crippen molar-refractivity contribution in [2.75, 3.05) is 25.0 Å². The molecule has 2 N–H and O–H groups in total. The summed E-state index contributed by atoms with van der Waals surface area (Å²) in [5, 5.41) is 7.85. The van der Waals surface area contributed by atoms with Crippen LogP contribution in [0.3, 0.4) is 0 Å². The van der Waals surface area contributed by atoms with Crippen LogP contribution >= 0.6 is 11.3 Å². The smallest absolute Gasteiger partial charge is 0.242 e. The Hall–Kier alpha value is -2.32. The summed E-state index contributed by atoms with van der Waals surface area (Å²) < 4.78 is 13.5. The number of benzene rings is 1. The molecule has 1 fully saturated rings. The number of thiazole rings is 1. The minimum atomic E-state index is -0.581. The minimum Gasteiger partial charge on any atom is -0.353 e. The number of halogens is 1. The SMILES string of the molecule is O=C(CCN1CCNC(=O)[C@@H]1c1cccc(F)c1)Nc1nccs1. The number of nitrogens with zero attached hydrogens (tertiary/aromatic N) is 2. The van der Waals surface area contributed by atoms with Gasteiger partial charge in [-0.3, -0.25) is 14.5 Å². The van der Waals surface area contributed by atoms with E-state index in [0.717, 1.165) is 0 Å². The number of hydrogen-bond acceptors (Lipinski definition) is 5. The quantitative estimate of drug-likeness (QED) is 0.864. The molecule has 1 saturated heterocycles. The first-order chi connectivity index (χ1) is 11.6. The van der Waals surface area contributed by atoms with Crippen LogP contribution in [0.2, 0.25) is 0 Å². The molecule has 8 heteroatoms. The van der Waals surface area contributed by atoms with E-state index in [9.17, 15) is 14.0 Å². The van der Waals surface area contributed by atoms with Gasteiger partial charge in [0.2, 0.25) is 11.8 Å². The Morgan fingerprint density at radius 2 is 2.38 bits per heavy atom. The van der Waals surface area contributed by atoms with E-state index in [1.54, 1.807) is 23.7 Å². The summed E-state index contributed by atoms with van der Waals surface area (Å²) in [7, 11) is 0. The van der Waals surface area contributed by atoms with Crippen LogP contribution in [0.1, 0.15) is 18.0 Å². The monoisotopic (exact) mass is 348 g/mol. The van der Waals surface area contributed by atoms with E-state index in [0.29, 0.717) is 30.3 Å². The molecule has 126 valence electrons. The third-order valence-corrected chi connectivity index (χ3v) is 4.47. The fourth-order valence-electron chi connectivity index (χ4n) is 2.71. The van der Waals surface area contributed by atoms with Crippen LogP contribution in [0.5, 0.6) is 0 Å². The molecule has 0 radical (unpaired) electrons. The lowest BCUT2D eigenvalue weighted by atomic mass is 10.0. The van der Waals surface area contributed by atoms with Crippen molar-refractivity contribution in [1.82, 2.24) is 15.2 Å². The molecule has 0 spiro atoms. The van der Waals surface area contributed by atoms with Crippen molar-refractivity contribution in [2.45, 2.75) is 12.5 Å². The van der Waals surface area contributed by atoms with Crippen molar-refractivity contribution in [1.29, 1.82) is 0 Å². The van der Waals surface area contributed by atoms with Crippen molar-refractivity contribution in [3.63, 3.8) is 0 Å². The second-order valence-corrected chi connectivity index (χ2v) is 6.31. The molecule has 0 saturated carbocycles. The average Bonchev–Trinajstić information content (AvgIpc) is 3.06. The first-order valence-corrected chi connectivity index (χ1v) is 8.48. The van der Waals surface area contributed by atoms with Gasteiger partial charge in [-0.15, -0.1) is 11.3 Å². The summed E-state index contributed by atoms with van der Waals surface area (Å²) in [4.78, 5) is 30.1. The van der Waals surface area contributed by atoms with Crippen LogP contribution < -0.4 is 10.6 Å². The number of aromatic nitrogens is 1. The van der Waals surface area contributed by atoms with Crippen molar-refractivity contribution in [3.8, 4) is 0 Å². The Balaban J connectivity index is 1.66. The molecule has 1 aliphatic rings. The van der Waals surface area contributed by atoms with Crippen molar-refractivity contribution < 1.29 is 14.0 Å². The molecule has 0 unspecified atom stereocenters. The third-order valence-electron chi connectivity index (χ3n) is 3.78. The normalized spacial score (nSPS) is 18.2. The number of anilines is 1. The number of amides is 2. The molecule has 1 aromatic carbocycles. The van der Waals surface area contributed by atoms with Gasteiger partial charge in [0.15, 0.2) is 5.13 Å². The van der Waals surface area contributed by atoms with Crippen molar-refractivity contribution in [3.05, 3.63) is 47.2 Å². The molecule has 2 amide bonds. The Bertz CT molecular complexity index is 723. The maximum atomic E-state index is 13.5. The van der Waals surface area contributed by atoms with Crippen LogP contribution in [-0.2, 0) is 9.59 Å². The molecule has 6 nitrogen and oxygen atoms in total. The van der Waals surface area contributed by atoms with Gasteiger partial charge in [0.05, 0.1) is 0 Å². The summed E-state index contributed by atoms with van der Waals surface area (Å²) in [6, 6.07) is 5.43.